The molecule has 3 heteroatoms. The Bertz CT molecular complexity index is 121. The van der Waals surface area contributed by atoms with E-state index in [1.165, 1.54) is 25.0 Å². The SMILES string of the molecule is COCCCCC1CSCC1N. The van der Waals surface area contributed by atoms with Gasteiger partial charge in [-0.2, -0.15) is 11.8 Å². The quantitative estimate of drug-likeness (QED) is 0.666. The van der Waals surface area contributed by atoms with Crippen molar-refractivity contribution in [3.8, 4) is 0 Å². The van der Waals surface area contributed by atoms with E-state index in [4.69, 9.17) is 10.5 Å². The van der Waals surface area contributed by atoms with Crippen LogP contribution in [0.1, 0.15) is 19.3 Å². The molecule has 0 aromatic heterocycles. The van der Waals surface area contributed by atoms with Crippen LogP contribution in [0.25, 0.3) is 0 Å². The summed E-state index contributed by atoms with van der Waals surface area (Å²) >= 11 is 2.00. The van der Waals surface area contributed by atoms with E-state index >= 15 is 0 Å². The normalized spacial score (nSPS) is 29.5. The molecule has 2 unspecified atom stereocenters. The minimum atomic E-state index is 0.456. The van der Waals surface area contributed by atoms with Crippen molar-refractivity contribution in [1.82, 2.24) is 0 Å². The molecule has 0 aromatic rings. The van der Waals surface area contributed by atoms with Crippen LogP contribution in [0.4, 0.5) is 0 Å². The summed E-state index contributed by atoms with van der Waals surface area (Å²) in [5.41, 5.74) is 5.94. The van der Waals surface area contributed by atoms with E-state index in [9.17, 15) is 0 Å². The highest BCUT2D eigenvalue weighted by molar-refractivity contribution is 7.99. The Hall–Kier alpha value is 0.270. The molecule has 12 heavy (non-hydrogen) atoms. The molecular formula is C9H19NOS. The number of rotatable bonds is 5. The van der Waals surface area contributed by atoms with Gasteiger partial charge in [0.15, 0.2) is 0 Å². The third kappa shape index (κ3) is 3.33. The van der Waals surface area contributed by atoms with Crippen LogP contribution in [-0.4, -0.2) is 31.3 Å². The number of thioether (sulfide) groups is 1. The van der Waals surface area contributed by atoms with Crippen LogP contribution < -0.4 is 5.73 Å². The third-order valence-electron chi connectivity index (χ3n) is 2.42. The Balaban J connectivity index is 1.98. The molecule has 1 rings (SSSR count). The molecule has 0 aromatic carbocycles. The number of ether oxygens (including phenoxy) is 1. The van der Waals surface area contributed by atoms with Crippen LogP contribution in [0.3, 0.4) is 0 Å². The molecule has 2 nitrogen and oxygen atoms in total. The van der Waals surface area contributed by atoms with Gasteiger partial charge in [0.25, 0.3) is 0 Å². The van der Waals surface area contributed by atoms with Crippen molar-refractivity contribution in [2.75, 3.05) is 25.2 Å². The number of hydrogen-bond donors (Lipinski definition) is 1. The first-order chi connectivity index (χ1) is 5.84. The summed E-state index contributed by atoms with van der Waals surface area (Å²) in [7, 11) is 1.76. The predicted octanol–water partition coefficient (Wildman–Crippen LogP) is 1.49. The second-order valence-corrected chi connectivity index (χ2v) is 4.52. The lowest BCUT2D eigenvalue weighted by atomic mass is 9.98. The van der Waals surface area contributed by atoms with Crippen molar-refractivity contribution < 1.29 is 4.74 Å². The standard InChI is InChI=1S/C9H19NOS/c1-11-5-3-2-4-8-6-12-7-9(8)10/h8-9H,2-7,10H2,1H3. The summed E-state index contributed by atoms with van der Waals surface area (Å²) in [5.74, 6) is 3.20. The van der Waals surface area contributed by atoms with Crippen LogP contribution >= 0.6 is 11.8 Å². The van der Waals surface area contributed by atoms with Crippen LogP contribution in [0.5, 0.6) is 0 Å². The van der Waals surface area contributed by atoms with Gasteiger partial charge in [-0.05, 0) is 24.5 Å². The summed E-state index contributed by atoms with van der Waals surface area (Å²) in [4.78, 5) is 0. The Kier molecular flexibility index (Phi) is 5.04. The molecule has 1 aliphatic rings. The van der Waals surface area contributed by atoms with Gasteiger partial charge in [-0.3, -0.25) is 0 Å². The van der Waals surface area contributed by atoms with Gasteiger partial charge in [0.1, 0.15) is 0 Å². The van der Waals surface area contributed by atoms with Gasteiger partial charge >= 0.3 is 0 Å². The van der Waals surface area contributed by atoms with Crippen molar-refractivity contribution >= 4 is 11.8 Å². The highest BCUT2D eigenvalue weighted by atomic mass is 32.2. The molecule has 1 heterocycles. The maximum Gasteiger partial charge on any atom is 0.0462 e. The van der Waals surface area contributed by atoms with Gasteiger partial charge in [-0.1, -0.05) is 6.42 Å². The minimum absolute atomic E-state index is 0.456. The fourth-order valence-electron chi connectivity index (χ4n) is 1.57. The average Bonchev–Trinajstić information content (AvgIpc) is 2.46. The molecule has 0 bridgehead atoms. The topological polar surface area (TPSA) is 35.2 Å². The predicted molar refractivity (Wildman–Crippen MR) is 54.5 cm³/mol. The average molecular weight is 189 g/mol. The van der Waals surface area contributed by atoms with Crippen LogP contribution in [0, 0.1) is 5.92 Å². The summed E-state index contributed by atoms with van der Waals surface area (Å²) in [6.45, 7) is 0.898. The van der Waals surface area contributed by atoms with E-state index in [-0.39, 0.29) is 0 Å². The summed E-state index contributed by atoms with van der Waals surface area (Å²) in [5, 5.41) is 0. The fraction of sp³-hybridized carbons (Fsp3) is 1.00. The van der Waals surface area contributed by atoms with Gasteiger partial charge in [0.05, 0.1) is 0 Å². The van der Waals surface area contributed by atoms with Gasteiger partial charge in [0, 0.05) is 25.5 Å². The maximum absolute atomic E-state index is 5.94. The van der Waals surface area contributed by atoms with Crippen LogP contribution in [0.2, 0.25) is 0 Å². The third-order valence-corrected chi connectivity index (χ3v) is 3.71. The lowest BCUT2D eigenvalue weighted by molar-refractivity contribution is 0.190. The molecule has 0 saturated carbocycles. The van der Waals surface area contributed by atoms with Gasteiger partial charge < -0.3 is 10.5 Å². The van der Waals surface area contributed by atoms with Crippen molar-refractivity contribution in [2.45, 2.75) is 25.3 Å². The smallest absolute Gasteiger partial charge is 0.0462 e. The molecular weight excluding hydrogens is 170 g/mol. The first-order valence-corrected chi connectivity index (χ1v) is 5.82. The first-order valence-electron chi connectivity index (χ1n) is 4.67. The highest BCUT2D eigenvalue weighted by Gasteiger charge is 2.23. The first kappa shape index (κ1) is 10.4. The number of nitrogens with two attached hydrogens (primary N) is 1. The van der Waals surface area contributed by atoms with E-state index in [2.05, 4.69) is 0 Å². The van der Waals surface area contributed by atoms with E-state index in [0.717, 1.165) is 18.3 Å². The zero-order chi connectivity index (χ0) is 8.81. The van der Waals surface area contributed by atoms with Crippen LogP contribution in [0.15, 0.2) is 0 Å². The number of hydrogen-bond acceptors (Lipinski definition) is 3. The number of unbranched alkanes of at least 4 members (excludes halogenated alkanes) is 1. The molecule has 0 aliphatic carbocycles. The van der Waals surface area contributed by atoms with E-state index in [0.29, 0.717) is 6.04 Å². The second-order valence-electron chi connectivity index (χ2n) is 3.45. The van der Waals surface area contributed by atoms with Crippen molar-refractivity contribution in [3.63, 3.8) is 0 Å². The fourth-order valence-corrected chi connectivity index (χ4v) is 2.96. The summed E-state index contributed by atoms with van der Waals surface area (Å²) < 4.78 is 5.00. The Morgan fingerprint density at radius 1 is 1.42 bits per heavy atom. The Labute approximate surface area is 79.2 Å². The summed E-state index contributed by atoms with van der Waals surface area (Å²) in [6, 6.07) is 0.456. The van der Waals surface area contributed by atoms with Gasteiger partial charge in [-0.25, -0.2) is 0 Å². The van der Waals surface area contributed by atoms with Crippen molar-refractivity contribution in [1.29, 1.82) is 0 Å². The van der Waals surface area contributed by atoms with Gasteiger partial charge in [-0.15, -0.1) is 0 Å². The molecule has 1 fully saturated rings. The van der Waals surface area contributed by atoms with Crippen LogP contribution in [-0.2, 0) is 4.74 Å². The minimum Gasteiger partial charge on any atom is -0.385 e. The zero-order valence-electron chi connectivity index (χ0n) is 7.79. The monoisotopic (exact) mass is 189 g/mol. The van der Waals surface area contributed by atoms with E-state index in [1.807, 2.05) is 11.8 Å². The lowest BCUT2D eigenvalue weighted by Gasteiger charge is -2.13. The zero-order valence-corrected chi connectivity index (χ0v) is 8.61. The Morgan fingerprint density at radius 2 is 2.25 bits per heavy atom. The number of methoxy groups -OCH3 is 1. The van der Waals surface area contributed by atoms with E-state index in [1.54, 1.807) is 7.11 Å². The summed E-state index contributed by atoms with van der Waals surface area (Å²) in [6.07, 6.45) is 3.74. The molecule has 1 saturated heterocycles. The molecule has 1 aliphatic heterocycles. The lowest BCUT2D eigenvalue weighted by Crippen LogP contribution is -2.28. The molecule has 2 atom stereocenters. The molecule has 2 N–H and O–H groups in total. The van der Waals surface area contributed by atoms with Crippen molar-refractivity contribution in [2.24, 2.45) is 11.7 Å². The molecule has 0 amide bonds. The molecule has 0 spiro atoms. The maximum atomic E-state index is 5.94. The van der Waals surface area contributed by atoms with Crippen molar-refractivity contribution in [3.05, 3.63) is 0 Å². The molecule has 0 radical (unpaired) electrons. The van der Waals surface area contributed by atoms with E-state index < -0.39 is 0 Å². The highest BCUT2D eigenvalue weighted by Crippen LogP contribution is 2.26. The largest absolute Gasteiger partial charge is 0.385 e. The van der Waals surface area contributed by atoms with Gasteiger partial charge in [0.2, 0.25) is 0 Å². The molecule has 72 valence electrons. The Morgan fingerprint density at radius 3 is 2.83 bits per heavy atom. The second kappa shape index (κ2) is 5.84.